The van der Waals surface area contributed by atoms with E-state index in [1.165, 1.54) is 16.8 Å². The van der Waals surface area contributed by atoms with Crippen molar-refractivity contribution < 1.29 is 14.0 Å². The molecule has 0 spiro atoms. The molecule has 3 N–H and O–H groups in total. The van der Waals surface area contributed by atoms with Gasteiger partial charge in [0.25, 0.3) is 5.91 Å². The average Bonchev–Trinajstić information content (AvgIpc) is 3.10. The maximum atomic E-state index is 13.1. The molecule has 3 aromatic carbocycles. The van der Waals surface area contributed by atoms with Crippen molar-refractivity contribution in [2.75, 3.05) is 16.0 Å². The predicted molar refractivity (Wildman–Crippen MR) is 131 cm³/mol. The van der Waals surface area contributed by atoms with Gasteiger partial charge in [-0.25, -0.2) is 13.9 Å². The molecule has 7 nitrogen and oxygen atoms in total. The van der Waals surface area contributed by atoms with Crippen molar-refractivity contribution >= 4 is 40.6 Å². The minimum Gasteiger partial charge on any atom is -0.322 e. The molecule has 0 saturated carbocycles. The number of aromatic nitrogens is 2. The summed E-state index contributed by atoms with van der Waals surface area (Å²) in [5.41, 5.74) is 3.30. The van der Waals surface area contributed by atoms with Gasteiger partial charge in [0, 0.05) is 17.1 Å². The molecule has 0 aliphatic rings. The Labute approximate surface area is 200 Å². The molecule has 172 valence electrons. The van der Waals surface area contributed by atoms with E-state index in [9.17, 15) is 14.0 Å². The van der Waals surface area contributed by atoms with Gasteiger partial charge < -0.3 is 16.0 Å². The van der Waals surface area contributed by atoms with Crippen molar-refractivity contribution in [1.29, 1.82) is 0 Å². The van der Waals surface area contributed by atoms with Crippen LogP contribution in [0.5, 0.6) is 0 Å². The second-order valence-corrected chi connectivity index (χ2v) is 7.87. The second kappa shape index (κ2) is 10.2. The highest BCUT2D eigenvalue weighted by Crippen LogP contribution is 2.23. The molecule has 0 aliphatic carbocycles. The summed E-state index contributed by atoms with van der Waals surface area (Å²) in [7, 11) is 0. The molecule has 0 unspecified atom stereocenters. The number of rotatable bonds is 6. The SMILES string of the molecule is Cc1nn(Cc2ccc(F)cc2)c(Cl)c1C(=O)Nc1ccc(NC(=O)Nc2ccccc2)cc1. The molecule has 9 heteroatoms. The predicted octanol–water partition coefficient (Wildman–Crippen LogP) is 5.93. The van der Waals surface area contributed by atoms with Crippen LogP contribution in [-0.4, -0.2) is 21.7 Å². The minimum atomic E-state index is -0.407. The lowest BCUT2D eigenvalue weighted by atomic mass is 10.2. The molecular weight excluding hydrogens is 457 g/mol. The topological polar surface area (TPSA) is 88.1 Å². The van der Waals surface area contributed by atoms with Gasteiger partial charge in [0.05, 0.1) is 17.8 Å². The number of amides is 3. The van der Waals surface area contributed by atoms with E-state index in [0.29, 0.717) is 29.3 Å². The van der Waals surface area contributed by atoms with Crippen molar-refractivity contribution in [3.05, 3.63) is 107 Å². The first-order chi connectivity index (χ1) is 16.4. The number of hydrogen-bond acceptors (Lipinski definition) is 3. The Bertz CT molecular complexity index is 1310. The van der Waals surface area contributed by atoms with Gasteiger partial charge in [-0.2, -0.15) is 5.10 Å². The third kappa shape index (κ3) is 5.60. The largest absolute Gasteiger partial charge is 0.323 e. The van der Waals surface area contributed by atoms with Gasteiger partial charge >= 0.3 is 6.03 Å². The number of halogens is 2. The standard InChI is InChI=1S/C25H21ClFN5O2/c1-16-22(23(26)32(31-16)15-17-7-9-18(27)10-8-17)24(33)28-20-11-13-21(14-12-20)30-25(34)29-19-5-3-2-4-6-19/h2-14H,15H2,1H3,(H,28,33)(H2,29,30,34). The Balaban J connectivity index is 1.39. The monoisotopic (exact) mass is 477 g/mol. The number of carbonyl (C=O) groups excluding carboxylic acids is 2. The zero-order valence-corrected chi connectivity index (χ0v) is 18.9. The fraction of sp³-hybridized carbons (Fsp3) is 0.0800. The highest BCUT2D eigenvalue weighted by atomic mass is 35.5. The molecule has 3 amide bonds. The Kier molecular flexibility index (Phi) is 6.89. The highest BCUT2D eigenvalue weighted by molar-refractivity contribution is 6.33. The number of aryl methyl sites for hydroxylation is 1. The fourth-order valence-electron chi connectivity index (χ4n) is 3.32. The van der Waals surface area contributed by atoms with Gasteiger partial charge in [-0.1, -0.05) is 41.9 Å². The van der Waals surface area contributed by atoms with Crippen molar-refractivity contribution in [3.63, 3.8) is 0 Å². The number of nitrogens with one attached hydrogen (secondary N) is 3. The summed E-state index contributed by atoms with van der Waals surface area (Å²) in [6.07, 6.45) is 0. The number of para-hydroxylation sites is 1. The van der Waals surface area contributed by atoms with Crippen LogP contribution in [0.3, 0.4) is 0 Å². The molecule has 1 aromatic heterocycles. The minimum absolute atomic E-state index is 0.190. The molecule has 34 heavy (non-hydrogen) atoms. The van der Waals surface area contributed by atoms with Crippen molar-refractivity contribution in [2.24, 2.45) is 0 Å². The molecule has 0 aliphatic heterocycles. The summed E-state index contributed by atoms with van der Waals surface area (Å²) in [6, 6.07) is 21.4. The molecule has 0 fully saturated rings. The number of anilines is 3. The van der Waals surface area contributed by atoms with E-state index >= 15 is 0 Å². The molecular formula is C25H21ClFN5O2. The van der Waals surface area contributed by atoms with E-state index in [4.69, 9.17) is 11.6 Å². The number of hydrogen-bond donors (Lipinski definition) is 3. The Morgan fingerprint density at radius 2 is 1.41 bits per heavy atom. The zero-order chi connectivity index (χ0) is 24.1. The molecule has 4 rings (SSSR count). The van der Waals surface area contributed by atoms with Crippen LogP contribution < -0.4 is 16.0 Å². The summed E-state index contributed by atoms with van der Waals surface area (Å²) < 4.78 is 14.6. The summed E-state index contributed by atoms with van der Waals surface area (Å²) in [5, 5.41) is 12.8. The lowest BCUT2D eigenvalue weighted by molar-refractivity contribution is 0.102. The van der Waals surface area contributed by atoms with Crippen molar-refractivity contribution in [1.82, 2.24) is 9.78 Å². The summed E-state index contributed by atoms with van der Waals surface area (Å²) in [5.74, 6) is -0.736. The molecule has 1 heterocycles. The van der Waals surface area contributed by atoms with Gasteiger partial charge in [0.2, 0.25) is 0 Å². The van der Waals surface area contributed by atoms with Crippen molar-refractivity contribution in [3.8, 4) is 0 Å². The molecule has 0 atom stereocenters. The quantitative estimate of drug-likeness (QED) is 0.321. The van der Waals surface area contributed by atoms with E-state index in [-0.39, 0.29) is 22.6 Å². The maximum Gasteiger partial charge on any atom is 0.323 e. The van der Waals surface area contributed by atoms with Gasteiger partial charge in [-0.05, 0) is 61.0 Å². The third-order valence-corrected chi connectivity index (χ3v) is 5.35. The third-order valence-electron chi connectivity index (χ3n) is 4.97. The van der Waals surface area contributed by atoms with Crippen LogP contribution in [0.2, 0.25) is 5.15 Å². The molecule has 0 radical (unpaired) electrons. The van der Waals surface area contributed by atoms with Gasteiger partial charge in [-0.3, -0.25) is 4.79 Å². The number of nitrogens with zero attached hydrogens (tertiary/aromatic N) is 2. The molecule has 0 bridgehead atoms. The van der Waals surface area contributed by atoms with E-state index in [1.807, 2.05) is 18.2 Å². The lowest BCUT2D eigenvalue weighted by Gasteiger charge is -2.09. The van der Waals surface area contributed by atoms with Crippen LogP contribution >= 0.6 is 11.6 Å². The van der Waals surface area contributed by atoms with Crippen LogP contribution in [0.4, 0.5) is 26.2 Å². The van der Waals surface area contributed by atoms with Crippen LogP contribution in [0.15, 0.2) is 78.9 Å². The van der Waals surface area contributed by atoms with Crippen LogP contribution in [-0.2, 0) is 6.54 Å². The van der Waals surface area contributed by atoms with Crippen LogP contribution in [0.1, 0.15) is 21.6 Å². The molecule has 0 saturated heterocycles. The smallest absolute Gasteiger partial charge is 0.322 e. The number of urea groups is 1. The van der Waals surface area contributed by atoms with Crippen LogP contribution in [0, 0.1) is 12.7 Å². The summed E-state index contributed by atoms with van der Waals surface area (Å²) in [4.78, 5) is 25.0. The Hall–Kier alpha value is -4.17. The molecule has 4 aromatic rings. The van der Waals surface area contributed by atoms with E-state index in [2.05, 4.69) is 21.0 Å². The normalized spacial score (nSPS) is 10.6. The highest BCUT2D eigenvalue weighted by Gasteiger charge is 2.20. The maximum absolute atomic E-state index is 13.1. The van der Waals surface area contributed by atoms with Crippen molar-refractivity contribution in [2.45, 2.75) is 13.5 Å². The number of benzene rings is 3. The van der Waals surface area contributed by atoms with E-state index in [1.54, 1.807) is 55.5 Å². The van der Waals surface area contributed by atoms with Gasteiger partial charge in [0.15, 0.2) is 0 Å². The first-order valence-electron chi connectivity index (χ1n) is 10.4. The fourth-order valence-corrected chi connectivity index (χ4v) is 3.64. The van der Waals surface area contributed by atoms with Gasteiger partial charge in [-0.15, -0.1) is 0 Å². The second-order valence-electron chi connectivity index (χ2n) is 7.51. The average molecular weight is 478 g/mol. The van der Waals surface area contributed by atoms with E-state index < -0.39 is 5.91 Å². The lowest BCUT2D eigenvalue weighted by Crippen LogP contribution is -2.19. The Morgan fingerprint density at radius 1 is 0.853 bits per heavy atom. The summed E-state index contributed by atoms with van der Waals surface area (Å²) in [6.45, 7) is 2.00. The first kappa shape index (κ1) is 23.0. The van der Waals surface area contributed by atoms with Crippen LogP contribution in [0.25, 0.3) is 0 Å². The Morgan fingerprint density at radius 3 is 2.03 bits per heavy atom. The van der Waals surface area contributed by atoms with Gasteiger partial charge in [0.1, 0.15) is 11.0 Å². The zero-order valence-electron chi connectivity index (χ0n) is 18.2. The number of carbonyl (C=O) groups is 2. The van der Waals surface area contributed by atoms with E-state index in [0.717, 1.165) is 5.56 Å². The first-order valence-corrected chi connectivity index (χ1v) is 10.8. The summed E-state index contributed by atoms with van der Waals surface area (Å²) >= 11 is 6.43.